The van der Waals surface area contributed by atoms with Gasteiger partial charge >= 0.3 is 5.97 Å². The fourth-order valence-electron chi connectivity index (χ4n) is 3.87. The Bertz CT molecular complexity index is 1080. The van der Waals surface area contributed by atoms with Crippen LogP contribution in [-0.4, -0.2) is 49.1 Å². The van der Waals surface area contributed by atoms with Gasteiger partial charge in [-0.25, -0.2) is 8.42 Å². The smallest absolute Gasteiger partial charge is 0.303 e. The molecule has 1 amide bonds. The molecule has 1 atom stereocenters. The van der Waals surface area contributed by atoms with Crippen molar-refractivity contribution in [2.24, 2.45) is 5.92 Å². The van der Waals surface area contributed by atoms with Crippen molar-refractivity contribution in [1.29, 1.82) is 0 Å². The van der Waals surface area contributed by atoms with Gasteiger partial charge in [0.25, 0.3) is 0 Å². The first-order chi connectivity index (χ1) is 16.6. The van der Waals surface area contributed by atoms with Crippen LogP contribution in [0.15, 0.2) is 53.4 Å². The molecule has 0 aliphatic carbocycles. The summed E-state index contributed by atoms with van der Waals surface area (Å²) in [4.78, 5) is 26.5. The van der Waals surface area contributed by atoms with Gasteiger partial charge in [-0.2, -0.15) is 0 Å². The van der Waals surface area contributed by atoms with Crippen molar-refractivity contribution in [2.75, 3.05) is 18.8 Å². The second-order valence-electron chi connectivity index (χ2n) is 8.61. The van der Waals surface area contributed by atoms with Crippen LogP contribution in [0.2, 0.25) is 10.0 Å². The number of benzene rings is 2. The molecule has 0 fully saturated rings. The molecule has 0 spiro atoms. The maximum absolute atomic E-state index is 13.5. The van der Waals surface area contributed by atoms with E-state index in [0.717, 1.165) is 37.7 Å². The number of hydrogen-bond donors (Lipinski definition) is 1. The third-order valence-corrected chi connectivity index (χ3v) is 8.36. The van der Waals surface area contributed by atoms with Crippen LogP contribution in [0.25, 0.3) is 0 Å². The number of sulfone groups is 1. The van der Waals surface area contributed by atoms with Gasteiger partial charge in [0.1, 0.15) is 0 Å². The molecule has 0 aromatic heterocycles. The van der Waals surface area contributed by atoms with Crippen molar-refractivity contribution in [3.8, 4) is 0 Å². The Morgan fingerprint density at radius 3 is 2.29 bits per heavy atom. The van der Waals surface area contributed by atoms with E-state index in [1.54, 1.807) is 4.90 Å². The number of carbonyl (C=O) groups excluding carboxylic acids is 1. The monoisotopic (exact) mass is 541 g/mol. The summed E-state index contributed by atoms with van der Waals surface area (Å²) in [5.74, 6) is -2.85. The van der Waals surface area contributed by atoms with Gasteiger partial charge in [0.2, 0.25) is 5.91 Å². The molecule has 2 rings (SSSR count). The van der Waals surface area contributed by atoms with Crippen molar-refractivity contribution in [2.45, 2.75) is 56.8 Å². The highest BCUT2D eigenvalue weighted by Crippen LogP contribution is 2.27. The Hall–Kier alpha value is -2.09. The van der Waals surface area contributed by atoms with Crippen molar-refractivity contribution < 1.29 is 23.1 Å². The summed E-state index contributed by atoms with van der Waals surface area (Å²) in [5.41, 5.74) is 1.16. The van der Waals surface area contributed by atoms with E-state index < -0.39 is 27.5 Å². The third kappa shape index (κ3) is 9.82. The Morgan fingerprint density at radius 2 is 1.66 bits per heavy atom. The zero-order chi connectivity index (χ0) is 25.8. The van der Waals surface area contributed by atoms with E-state index in [1.807, 2.05) is 30.3 Å². The van der Waals surface area contributed by atoms with Gasteiger partial charge in [0.05, 0.1) is 26.6 Å². The van der Waals surface area contributed by atoms with Gasteiger partial charge in [0.15, 0.2) is 9.84 Å². The zero-order valence-electron chi connectivity index (χ0n) is 20.0. The maximum atomic E-state index is 13.5. The first-order valence-corrected chi connectivity index (χ1v) is 14.3. The number of aryl methyl sites for hydroxylation is 1. The summed E-state index contributed by atoms with van der Waals surface area (Å²) in [6.45, 7) is 3.06. The first-order valence-electron chi connectivity index (χ1n) is 11.9. The van der Waals surface area contributed by atoms with Crippen LogP contribution in [0, 0.1) is 5.92 Å². The van der Waals surface area contributed by atoms with Crippen LogP contribution >= 0.6 is 23.2 Å². The molecule has 0 aliphatic rings. The number of halogens is 2. The standard InChI is InChI=1S/C26H33Cl2NO5S/c1-2-3-7-16-29(17-8-11-20-9-5-4-6-10-20)26(32)21(12-15-25(30)31)19-35(33,34)22-13-14-23(27)24(28)18-22/h4-6,9-10,13-14,18,21H,2-3,7-8,11-12,15-17,19H2,1H3,(H,30,31). The summed E-state index contributed by atoms with van der Waals surface area (Å²) >= 11 is 11.9. The van der Waals surface area contributed by atoms with E-state index in [0.29, 0.717) is 13.1 Å². The summed E-state index contributed by atoms with van der Waals surface area (Å²) in [7, 11) is -3.90. The van der Waals surface area contributed by atoms with Gasteiger partial charge in [-0.1, -0.05) is 73.3 Å². The average Bonchev–Trinajstić information content (AvgIpc) is 2.82. The summed E-state index contributed by atoms with van der Waals surface area (Å²) in [6, 6.07) is 13.9. The fourth-order valence-corrected chi connectivity index (χ4v) is 5.84. The van der Waals surface area contributed by atoms with Crippen LogP contribution in [0.1, 0.15) is 51.0 Å². The summed E-state index contributed by atoms with van der Waals surface area (Å²) in [6.07, 6.45) is 3.91. The Morgan fingerprint density at radius 1 is 0.971 bits per heavy atom. The Labute approximate surface area is 218 Å². The molecular formula is C26H33Cl2NO5S. The maximum Gasteiger partial charge on any atom is 0.303 e. The number of unbranched alkanes of at least 4 members (excludes halogenated alkanes) is 2. The summed E-state index contributed by atoms with van der Waals surface area (Å²) in [5, 5.41) is 9.53. The molecule has 0 aliphatic heterocycles. The van der Waals surface area contributed by atoms with Crippen LogP contribution < -0.4 is 0 Å². The molecule has 192 valence electrons. The number of nitrogens with zero attached hydrogens (tertiary/aromatic N) is 1. The van der Waals surface area contributed by atoms with Crippen LogP contribution in [-0.2, 0) is 25.8 Å². The largest absolute Gasteiger partial charge is 0.481 e. The number of carboxylic acid groups (broad SMARTS) is 1. The lowest BCUT2D eigenvalue weighted by Gasteiger charge is -2.27. The van der Waals surface area contributed by atoms with E-state index >= 15 is 0 Å². The minimum absolute atomic E-state index is 0.0402. The molecular weight excluding hydrogens is 509 g/mol. The number of hydrogen-bond acceptors (Lipinski definition) is 4. The molecule has 0 saturated heterocycles. The highest BCUT2D eigenvalue weighted by atomic mass is 35.5. The fraction of sp³-hybridized carbons (Fsp3) is 0.462. The van der Waals surface area contributed by atoms with Gasteiger partial charge in [-0.05, 0) is 49.4 Å². The average molecular weight is 543 g/mol. The second-order valence-corrected chi connectivity index (χ2v) is 11.5. The Balaban J connectivity index is 2.21. The molecule has 1 N–H and O–H groups in total. The number of aliphatic carboxylic acids is 1. The van der Waals surface area contributed by atoms with E-state index in [2.05, 4.69) is 6.92 Å². The number of carbonyl (C=O) groups is 2. The SMILES string of the molecule is CCCCCN(CCCc1ccccc1)C(=O)C(CCC(=O)O)CS(=O)(=O)c1ccc(Cl)c(Cl)c1. The van der Waals surface area contributed by atoms with Crippen LogP contribution in [0.3, 0.4) is 0 Å². The van der Waals surface area contributed by atoms with Gasteiger partial charge in [0, 0.05) is 19.5 Å². The van der Waals surface area contributed by atoms with Gasteiger partial charge in [-0.15, -0.1) is 0 Å². The van der Waals surface area contributed by atoms with Crippen molar-refractivity contribution in [1.82, 2.24) is 4.90 Å². The van der Waals surface area contributed by atoms with E-state index in [9.17, 15) is 23.1 Å². The molecule has 2 aromatic rings. The van der Waals surface area contributed by atoms with Gasteiger partial charge in [-0.3, -0.25) is 9.59 Å². The van der Waals surface area contributed by atoms with E-state index in [4.69, 9.17) is 23.2 Å². The zero-order valence-corrected chi connectivity index (χ0v) is 22.3. The topological polar surface area (TPSA) is 91.8 Å². The van der Waals surface area contributed by atoms with Crippen LogP contribution in [0.5, 0.6) is 0 Å². The minimum atomic E-state index is -3.90. The summed E-state index contributed by atoms with van der Waals surface area (Å²) < 4.78 is 26.2. The van der Waals surface area contributed by atoms with Crippen molar-refractivity contribution in [3.63, 3.8) is 0 Å². The van der Waals surface area contributed by atoms with Crippen molar-refractivity contribution in [3.05, 3.63) is 64.1 Å². The van der Waals surface area contributed by atoms with Crippen molar-refractivity contribution >= 4 is 44.9 Å². The molecule has 9 heteroatoms. The van der Waals surface area contributed by atoms with E-state index in [-0.39, 0.29) is 33.7 Å². The lowest BCUT2D eigenvalue weighted by molar-refractivity contribution is -0.138. The highest BCUT2D eigenvalue weighted by molar-refractivity contribution is 7.91. The molecule has 0 saturated carbocycles. The van der Waals surface area contributed by atoms with Gasteiger partial charge < -0.3 is 10.0 Å². The molecule has 0 bridgehead atoms. The Kier molecular flexibility index (Phi) is 12.0. The first kappa shape index (κ1) is 29.1. The molecule has 35 heavy (non-hydrogen) atoms. The minimum Gasteiger partial charge on any atom is -0.481 e. The quantitative estimate of drug-likeness (QED) is 0.283. The van der Waals surface area contributed by atoms with Crippen LogP contribution in [0.4, 0.5) is 0 Å². The molecule has 6 nitrogen and oxygen atoms in total. The highest BCUT2D eigenvalue weighted by Gasteiger charge is 2.30. The molecule has 2 aromatic carbocycles. The predicted molar refractivity (Wildman–Crippen MR) is 140 cm³/mol. The molecule has 0 radical (unpaired) electrons. The second kappa shape index (κ2) is 14.5. The lowest BCUT2D eigenvalue weighted by Crippen LogP contribution is -2.40. The molecule has 1 unspecified atom stereocenters. The molecule has 0 heterocycles. The van der Waals surface area contributed by atoms with E-state index in [1.165, 1.54) is 18.2 Å². The normalized spacial score (nSPS) is 12.3. The third-order valence-electron chi connectivity index (χ3n) is 5.81. The predicted octanol–water partition coefficient (Wildman–Crippen LogP) is 5.90. The number of rotatable bonds is 15. The number of carboxylic acids is 1. The number of amides is 1. The lowest BCUT2D eigenvalue weighted by atomic mass is 10.0.